The Hall–Kier alpha value is -1.71. The van der Waals surface area contributed by atoms with Crippen molar-refractivity contribution in [1.29, 1.82) is 0 Å². The Labute approximate surface area is 136 Å². The fourth-order valence-electron chi connectivity index (χ4n) is 0.894. The highest BCUT2D eigenvalue weighted by Crippen LogP contribution is 2.01. The van der Waals surface area contributed by atoms with Gasteiger partial charge in [-0.15, -0.1) is 0 Å². The number of nitrogens with two attached hydrogens (primary N) is 3. The summed E-state index contributed by atoms with van der Waals surface area (Å²) in [6, 6.07) is -2.13. The molecule has 0 aromatic carbocycles. The molecule has 0 fully saturated rings. The van der Waals surface area contributed by atoms with Crippen molar-refractivity contribution in [2.24, 2.45) is 29.0 Å². The summed E-state index contributed by atoms with van der Waals surface area (Å²) >= 11 is 0. The van der Waals surface area contributed by atoms with Gasteiger partial charge in [0.05, 0.1) is 0 Å². The molecule has 0 aliphatic rings. The third-order valence-electron chi connectivity index (χ3n) is 2.44. The van der Waals surface area contributed by atoms with Gasteiger partial charge < -0.3 is 32.5 Å². The number of hydrogen-bond acceptors (Lipinski definition) is 6. The minimum atomic E-state index is -0.963. The maximum Gasteiger partial charge on any atom is 0.320 e. The van der Waals surface area contributed by atoms with E-state index in [9.17, 15) is 14.4 Å². The van der Waals surface area contributed by atoms with Crippen LogP contribution >= 0.6 is 0 Å². The molecule has 0 aromatic rings. The lowest BCUT2D eigenvalue weighted by molar-refractivity contribution is -0.140. The van der Waals surface area contributed by atoms with E-state index >= 15 is 0 Å². The van der Waals surface area contributed by atoms with E-state index < -0.39 is 36.0 Å². The van der Waals surface area contributed by atoms with Gasteiger partial charge in [-0.1, -0.05) is 27.7 Å². The number of carboxylic acid groups (broad SMARTS) is 3. The molecule has 0 heterocycles. The molecular formula is C14H31N3O6. The maximum absolute atomic E-state index is 10.1. The lowest BCUT2D eigenvalue weighted by Gasteiger charge is -2.07. The zero-order chi connectivity index (χ0) is 19.3. The molecule has 0 saturated heterocycles. The van der Waals surface area contributed by atoms with Gasteiger partial charge in [-0.25, -0.2) is 0 Å². The van der Waals surface area contributed by atoms with Crippen molar-refractivity contribution < 1.29 is 29.7 Å². The Kier molecular flexibility index (Phi) is 15.9. The highest BCUT2D eigenvalue weighted by Gasteiger charge is 2.14. The van der Waals surface area contributed by atoms with Crippen LogP contribution < -0.4 is 17.2 Å². The molecule has 0 spiro atoms. The summed E-state index contributed by atoms with van der Waals surface area (Å²) in [5.41, 5.74) is 15.2. The van der Waals surface area contributed by atoms with Crippen molar-refractivity contribution in [2.45, 2.75) is 59.2 Å². The van der Waals surface area contributed by atoms with Crippen LogP contribution in [0.25, 0.3) is 0 Å². The number of hydrogen-bond donors (Lipinski definition) is 6. The Morgan fingerprint density at radius 3 is 1.17 bits per heavy atom. The van der Waals surface area contributed by atoms with Gasteiger partial charge in [-0.3, -0.25) is 14.4 Å². The summed E-state index contributed by atoms with van der Waals surface area (Å²) in [5.74, 6) is -2.43. The first kappa shape index (κ1) is 26.2. The van der Waals surface area contributed by atoms with Crippen LogP contribution in [0.3, 0.4) is 0 Å². The molecule has 0 amide bonds. The van der Waals surface area contributed by atoms with E-state index in [0.717, 1.165) is 0 Å². The van der Waals surface area contributed by atoms with Crippen molar-refractivity contribution in [1.82, 2.24) is 0 Å². The van der Waals surface area contributed by atoms with Gasteiger partial charge >= 0.3 is 17.9 Å². The lowest BCUT2D eigenvalue weighted by atomic mass is 10.1. The second-order valence-electron chi connectivity index (χ2n) is 5.81. The minimum Gasteiger partial charge on any atom is -0.480 e. The van der Waals surface area contributed by atoms with E-state index in [1.165, 1.54) is 6.92 Å². The Bertz CT molecular complexity index is 358. The van der Waals surface area contributed by atoms with E-state index in [2.05, 4.69) is 0 Å². The van der Waals surface area contributed by atoms with E-state index in [4.69, 9.17) is 32.5 Å². The van der Waals surface area contributed by atoms with Gasteiger partial charge in [0.1, 0.15) is 18.1 Å². The molecule has 23 heavy (non-hydrogen) atoms. The zero-order valence-electron chi connectivity index (χ0n) is 14.4. The fraction of sp³-hybridized carbons (Fsp3) is 0.786. The SMILES string of the molecule is CC(C)C(N)C(=O)O.CC(C)CC(N)C(=O)O.CC(N)C(=O)O. The zero-order valence-corrected chi connectivity index (χ0v) is 14.4. The molecule has 9 N–H and O–H groups in total. The smallest absolute Gasteiger partial charge is 0.320 e. The molecule has 0 aromatic heterocycles. The summed E-state index contributed by atoms with van der Waals surface area (Å²) < 4.78 is 0. The number of aliphatic carboxylic acids is 3. The predicted molar refractivity (Wildman–Crippen MR) is 86.8 cm³/mol. The first-order valence-electron chi connectivity index (χ1n) is 7.19. The molecule has 9 nitrogen and oxygen atoms in total. The largest absolute Gasteiger partial charge is 0.480 e. The monoisotopic (exact) mass is 337 g/mol. The van der Waals surface area contributed by atoms with Gasteiger partial charge in [0.2, 0.25) is 0 Å². The topological polar surface area (TPSA) is 190 Å². The van der Waals surface area contributed by atoms with E-state index in [1.54, 1.807) is 13.8 Å². The van der Waals surface area contributed by atoms with Crippen molar-refractivity contribution in [2.75, 3.05) is 0 Å². The number of rotatable bonds is 6. The number of carboxylic acids is 3. The van der Waals surface area contributed by atoms with Gasteiger partial charge in [0.25, 0.3) is 0 Å². The summed E-state index contributed by atoms with van der Waals surface area (Å²) in [7, 11) is 0. The lowest BCUT2D eigenvalue weighted by Crippen LogP contribution is -2.34. The second-order valence-corrected chi connectivity index (χ2v) is 5.81. The first-order chi connectivity index (χ1) is 10.2. The fourth-order valence-corrected chi connectivity index (χ4v) is 0.894. The van der Waals surface area contributed by atoms with E-state index in [0.29, 0.717) is 12.3 Å². The van der Waals surface area contributed by atoms with E-state index in [-0.39, 0.29) is 5.92 Å². The van der Waals surface area contributed by atoms with Crippen molar-refractivity contribution in [3.8, 4) is 0 Å². The highest BCUT2D eigenvalue weighted by atomic mass is 16.4. The normalized spacial score (nSPS) is 13.8. The summed E-state index contributed by atoms with van der Waals surface area (Å²) in [6.45, 7) is 8.87. The second kappa shape index (κ2) is 13.9. The highest BCUT2D eigenvalue weighted by molar-refractivity contribution is 5.73. The van der Waals surface area contributed by atoms with Crippen LogP contribution in [0.2, 0.25) is 0 Å². The molecule has 0 rings (SSSR count). The van der Waals surface area contributed by atoms with Gasteiger partial charge in [-0.2, -0.15) is 0 Å². The van der Waals surface area contributed by atoms with Gasteiger partial charge in [0, 0.05) is 0 Å². The Morgan fingerprint density at radius 2 is 1.13 bits per heavy atom. The molecule has 0 radical (unpaired) electrons. The number of carbonyl (C=O) groups is 3. The van der Waals surface area contributed by atoms with Crippen LogP contribution in [0.15, 0.2) is 0 Å². The Morgan fingerprint density at radius 1 is 0.783 bits per heavy atom. The van der Waals surface area contributed by atoms with Crippen molar-refractivity contribution in [3.63, 3.8) is 0 Å². The summed E-state index contributed by atoms with van der Waals surface area (Å²) in [5, 5.41) is 24.4. The molecular weight excluding hydrogens is 306 g/mol. The molecule has 0 saturated carbocycles. The third-order valence-corrected chi connectivity index (χ3v) is 2.44. The van der Waals surface area contributed by atoms with Gasteiger partial charge in [-0.05, 0) is 25.2 Å². The predicted octanol–water partition coefficient (Wildman–Crippen LogP) is -0.0831. The Balaban J connectivity index is -0.000000266. The molecule has 138 valence electrons. The van der Waals surface area contributed by atoms with Crippen molar-refractivity contribution >= 4 is 17.9 Å². The average molecular weight is 337 g/mol. The molecule has 0 aliphatic carbocycles. The molecule has 9 heteroatoms. The first-order valence-corrected chi connectivity index (χ1v) is 7.19. The maximum atomic E-state index is 10.1. The molecule has 3 unspecified atom stereocenters. The molecule has 0 bridgehead atoms. The quantitative estimate of drug-likeness (QED) is 0.384. The van der Waals surface area contributed by atoms with Crippen LogP contribution in [-0.4, -0.2) is 51.4 Å². The van der Waals surface area contributed by atoms with E-state index in [1.807, 2.05) is 13.8 Å². The van der Waals surface area contributed by atoms with Crippen LogP contribution in [0.4, 0.5) is 0 Å². The standard InChI is InChI=1S/C6H13NO2.C5H11NO2.C3H7NO2/c1-4(2)3-5(7)6(8)9;1-3(2)4(6)5(7)8;1-2(4)3(5)6/h4-5H,3,7H2,1-2H3,(H,8,9);3-4H,6H2,1-2H3,(H,7,8);2H,4H2,1H3,(H,5,6). The minimum absolute atomic E-state index is 0.0208. The third kappa shape index (κ3) is 20.3. The average Bonchev–Trinajstić information content (AvgIpc) is 2.37. The van der Waals surface area contributed by atoms with Crippen LogP contribution in [0.5, 0.6) is 0 Å². The summed E-state index contributed by atoms with van der Waals surface area (Å²) in [6.07, 6.45) is 0.551. The van der Waals surface area contributed by atoms with Gasteiger partial charge in [0.15, 0.2) is 0 Å². The van der Waals surface area contributed by atoms with Crippen molar-refractivity contribution in [3.05, 3.63) is 0 Å². The molecule has 0 aliphatic heterocycles. The summed E-state index contributed by atoms with van der Waals surface area (Å²) in [4.78, 5) is 29.7. The van der Waals surface area contributed by atoms with Crippen LogP contribution in [-0.2, 0) is 14.4 Å². The van der Waals surface area contributed by atoms with Crippen LogP contribution in [0, 0.1) is 11.8 Å². The molecule has 3 atom stereocenters. The van der Waals surface area contributed by atoms with Crippen LogP contribution in [0.1, 0.15) is 41.0 Å².